The summed E-state index contributed by atoms with van der Waals surface area (Å²) in [7, 11) is 3.59. The summed E-state index contributed by atoms with van der Waals surface area (Å²) in [5.41, 5.74) is -0.476. The van der Waals surface area contributed by atoms with Crippen molar-refractivity contribution >= 4 is 6.03 Å². The number of carbonyl (C=O) groups excluding carboxylic acids is 1. The molecule has 110 valence electrons. The van der Waals surface area contributed by atoms with Crippen molar-refractivity contribution in [2.24, 2.45) is 0 Å². The van der Waals surface area contributed by atoms with Gasteiger partial charge in [-0.15, -0.1) is 0 Å². The van der Waals surface area contributed by atoms with Gasteiger partial charge in [0.15, 0.2) is 0 Å². The summed E-state index contributed by atoms with van der Waals surface area (Å²) in [6, 6.07) is 0.545. The lowest BCUT2D eigenvalue weighted by atomic mass is 10.00. The van der Waals surface area contributed by atoms with Crippen LogP contribution in [0.1, 0.15) is 38.5 Å². The average Bonchev–Trinajstić information content (AvgIpc) is 2.83. The van der Waals surface area contributed by atoms with Crippen LogP contribution < -0.4 is 5.32 Å². The Kier molecular flexibility index (Phi) is 4.68. The van der Waals surface area contributed by atoms with Crippen molar-refractivity contribution in [2.45, 2.75) is 50.2 Å². The van der Waals surface area contributed by atoms with E-state index in [1.165, 1.54) is 0 Å². The Bertz CT molecular complexity index is 306. The van der Waals surface area contributed by atoms with Gasteiger partial charge < -0.3 is 20.2 Å². The van der Waals surface area contributed by atoms with Gasteiger partial charge >= 0.3 is 6.03 Å². The number of urea groups is 1. The Morgan fingerprint density at radius 3 is 2.42 bits per heavy atom. The first-order valence-corrected chi connectivity index (χ1v) is 7.42. The number of piperidine rings is 1. The van der Waals surface area contributed by atoms with Gasteiger partial charge in [0.25, 0.3) is 0 Å². The maximum Gasteiger partial charge on any atom is 0.319 e. The fourth-order valence-corrected chi connectivity index (χ4v) is 3.10. The molecule has 2 rings (SSSR count). The van der Waals surface area contributed by atoms with Crippen molar-refractivity contribution in [1.29, 1.82) is 0 Å². The van der Waals surface area contributed by atoms with Crippen molar-refractivity contribution in [3.05, 3.63) is 0 Å². The summed E-state index contributed by atoms with van der Waals surface area (Å²) in [4.78, 5) is 15.4. The van der Waals surface area contributed by atoms with E-state index in [0.717, 1.165) is 51.6 Å². The van der Waals surface area contributed by atoms with E-state index in [1.807, 2.05) is 4.90 Å². The van der Waals surface area contributed by atoms with E-state index >= 15 is 0 Å². The molecule has 0 aromatic carbocycles. The number of hydrogen-bond acceptors (Lipinski definition) is 3. The summed E-state index contributed by atoms with van der Waals surface area (Å²) in [6.07, 6.45) is 6.11. The molecule has 0 atom stereocenters. The first-order chi connectivity index (χ1) is 9.00. The highest BCUT2D eigenvalue weighted by atomic mass is 16.3. The zero-order valence-corrected chi connectivity index (χ0v) is 12.2. The van der Waals surface area contributed by atoms with Crippen molar-refractivity contribution in [3.63, 3.8) is 0 Å². The molecule has 1 heterocycles. The number of nitrogens with zero attached hydrogens (tertiary/aromatic N) is 2. The number of hydrogen-bond donors (Lipinski definition) is 2. The molecule has 5 nitrogen and oxygen atoms in total. The molecular formula is C14H27N3O2. The molecule has 1 saturated carbocycles. The maximum atomic E-state index is 11.8. The van der Waals surface area contributed by atoms with Crippen LogP contribution >= 0.6 is 0 Å². The predicted molar refractivity (Wildman–Crippen MR) is 75.1 cm³/mol. The molecule has 2 N–H and O–H groups in total. The molecule has 0 spiro atoms. The number of rotatable bonds is 3. The molecule has 19 heavy (non-hydrogen) atoms. The molecule has 0 aromatic rings. The lowest BCUT2D eigenvalue weighted by Crippen LogP contribution is -2.50. The standard InChI is InChI=1S/C14H27N3O2/c1-16(2)13(18)17-9-5-12(6-10-17)15-11-14(19)7-3-4-8-14/h12,15,19H,3-11H2,1-2H3. The Labute approximate surface area is 115 Å². The summed E-state index contributed by atoms with van der Waals surface area (Å²) >= 11 is 0. The van der Waals surface area contributed by atoms with E-state index in [1.54, 1.807) is 19.0 Å². The number of nitrogens with one attached hydrogen (secondary N) is 1. The van der Waals surface area contributed by atoms with Crippen LogP contribution in [0.2, 0.25) is 0 Å². The van der Waals surface area contributed by atoms with Gasteiger partial charge in [-0.05, 0) is 25.7 Å². The van der Waals surface area contributed by atoms with Crippen molar-refractivity contribution in [1.82, 2.24) is 15.1 Å². The minimum absolute atomic E-state index is 0.105. The van der Waals surface area contributed by atoms with Crippen LogP contribution in [0.3, 0.4) is 0 Å². The molecule has 5 heteroatoms. The second-order valence-corrected chi connectivity index (χ2v) is 6.25. The maximum absolute atomic E-state index is 11.8. The SMILES string of the molecule is CN(C)C(=O)N1CCC(NCC2(O)CCCC2)CC1. The fraction of sp³-hybridized carbons (Fsp3) is 0.929. The number of aliphatic hydroxyl groups is 1. The molecular weight excluding hydrogens is 242 g/mol. The highest BCUT2D eigenvalue weighted by molar-refractivity contribution is 5.73. The Balaban J connectivity index is 1.70. The monoisotopic (exact) mass is 269 g/mol. The summed E-state index contributed by atoms with van der Waals surface area (Å²) in [5, 5.41) is 13.8. The number of amides is 2. The Morgan fingerprint density at radius 2 is 1.89 bits per heavy atom. The van der Waals surface area contributed by atoms with Gasteiger partial charge in [-0.2, -0.15) is 0 Å². The molecule has 2 fully saturated rings. The van der Waals surface area contributed by atoms with Crippen LogP contribution in [0.15, 0.2) is 0 Å². The third kappa shape index (κ3) is 3.83. The van der Waals surface area contributed by atoms with Crippen LogP contribution in [0.4, 0.5) is 4.79 Å². The molecule has 0 unspecified atom stereocenters. The fourth-order valence-electron chi connectivity index (χ4n) is 3.10. The van der Waals surface area contributed by atoms with E-state index in [4.69, 9.17) is 0 Å². The van der Waals surface area contributed by atoms with Crippen LogP contribution in [0, 0.1) is 0 Å². The first-order valence-electron chi connectivity index (χ1n) is 7.42. The smallest absolute Gasteiger partial charge is 0.319 e. The molecule has 0 radical (unpaired) electrons. The molecule has 1 saturated heterocycles. The van der Waals surface area contributed by atoms with Crippen molar-refractivity contribution in [3.8, 4) is 0 Å². The Hall–Kier alpha value is -0.810. The second kappa shape index (κ2) is 6.09. The number of likely N-dealkylation sites (tertiary alicyclic amines) is 1. The summed E-state index contributed by atoms with van der Waals surface area (Å²) in [5.74, 6) is 0. The zero-order chi connectivity index (χ0) is 13.9. The highest BCUT2D eigenvalue weighted by Crippen LogP contribution is 2.29. The van der Waals surface area contributed by atoms with Gasteiger partial charge in [-0.1, -0.05) is 12.8 Å². The quantitative estimate of drug-likeness (QED) is 0.804. The van der Waals surface area contributed by atoms with Gasteiger partial charge in [0.2, 0.25) is 0 Å². The van der Waals surface area contributed by atoms with E-state index < -0.39 is 5.60 Å². The molecule has 1 aliphatic carbocycles. The van der Waals surface area contributed by atoms with E-state index in [2.05, 4.69) is 5.32 Å². The minimum Gasteiger partial charge on any atom is -0.389 e. The van der Waals surface area contributed by atoms with Gasteiger partial charge in [-0.25, -0.2) is 4.79 Å². The normalized spacial score (nSPS) is 23.6. The Morgan fingerprint density at radius 1 is 1.32 bits per heavy atom. The highest BCUT2D eigenvalue weighted by Gasteiger charge is 2.32. The molecule has 0 bridgehead atoms. The van der Waals surface area contributed by atoms with E-state index in [0.29, 0.717) is 12.6 Å². The van der Waals surface area contributed by atoms with Gasteiger partial charge in [-0.3, -0.25) is 0 Å². The van der Waals surface area contributed by atoms with E-state index in [-0.39, 0.29) is 6.03 Å². The second-order valence-electron chi connectivity index (χ2n) is 6.25. The molecule has 0 aromatic heterocycles. The minimum atomic E-state index is -0.476. The summed E-state index contributed by atoms with van der Waals surface area (Å²) in [6.45, 7) is 2.33. The average molecular weight is 269 g/mol. The van der Waals surface area contributed by atoms with Gasteiger partial charge in [0.05, 0.1) is 5.60 Å². The largest absolute Gasteiger partial charge is 0.389 e. The van der Waals surface area contributed by atoms with Crippen LogP contribution in [-0.4, -0.2) is 66.3 Å². The predicted octanol–water partition coefficient (Wildman–Crippen LogP) is 1.03. The van der Waals surface area contributed by atoms with Gasteiger partial charge in [0.1, 0.15) is 0 Å². The molecule has 2 aliphatic rings. The lowest BCUT2D eigenvalue weighted by Gasteiger charge is -2.35. The third-order valence-corrected chi connectivity index (χ3v) is 4.40. The lowest BCUT2D eigenvalue weighted by molar-refractivity contribution is 0.0420. The molecule has 1 aliphatic heterocycles. The molecule has 2 amide bonds. The number of carbonyl (C=O) groups is 1. The summed E-state index contributed by atoms with van der Waals surface area (Å²) < 4.78 is 0. The van der Waals surface area contributed by atoms with E-state index in [9.17, 15) is 9.90 Å². The first kappa shape index (κ1) is 14.6. The van der Waals surface area contributed by atoms with Crippen molar-refractivity contribution < 1.29 is 9.90 Å². The van der Waals surface area contributed by atoms with Crippen LogP contribution in [0.25, 0.3) is 0 Å². The topological polar surface area (TPSA) is 55.8 Å². The third-order valence-electron chi connectivity index (χ3n) is 4.40. The van der Waals surface area contributed by atoms with Crippen molar-refractivity contribution in [2.75, 3.05) is 33.7 Å². The van der Waals surface area contributed by atoms with Gasteiger partial charge in [0, 0.05) is 39.8 Å². The van der Waals surface area contributed by atoms with Crippen LogP contribution in [0.5, 0.6) is 0 Å². The zero-order valence-electron chi connectivity index (χ0n) is 12.2. The van der Waals surface area contributed by atoms with Crippen LogP contribution in [-0.2, 0) is 0 Å².